The monoisotopic (exact) mass is 800 g/mol. The summed E-state index contributed by atoms with van der Waals surface area (Å²) in [6.45, 7) is 35.3. The molecule has 0 aromatic heterocycles. The highest BCUT2D eigenvalue weighted by Gasteiger charge is 2.26. The van der Waals surface area contributed by atoms with Gasteiger partial charge in [0.2, 0.25) is 17.2 Å². The van der Waals surface area contributed by atoms with Gasteiger partial charge < -0.3 is 23.7 Å². The molecule has 60 heavy (non-hydrogen) atoms. The number of allylic oxidation sites excluding steroid dienone is 2. The van der Waals surface area contributed by atoms with Crippen LogP contribution in [0.3, 0.4) is 0 Å². The summed E-state index contributed by atoms with van der Waals surface area (Å²) in [5.41, 5.74) is 6.82. The molecule has 4 aromatic rings. The van der Waals surface area contributed by atoms with Crippen molar-refractivity contribution in [2.45, 2.75) is 55.4 Å². The van der Waals surface area contributed by atoms with E-state index >= 15 is 0 Å². The molecule has 0 bridgehead atoms. The maximum absolute atomic E-state index is 9.14. The summed E-state index contributed by atoms with van der Waals surface area (Å²) in [6.07, 6.45) is 8.24. The van der Waals surface area contributed by atoms with Crippen LogP contribution in [0.15, 0.2) is 59.7 Å². The molecule has 16 heteroatoms. The van der Waals surface area contributed by atoms with Gasteiger partial charge in [0.25, 0.3) is 31.3 Å². The van der Waals surface area contributed by atoms with Crippen molar-refractivity contribution in [3.8, 4) is 77.3 Å². The molecule has 0 unspecified atom stereocenters. The third-order valence-corrected chi connectivity index (χ3v) is 8.34. The molecule has 4 rings (SSSR count). The Morgan fingerprint density at radius 2 is 0.833 bits per heavy atom. The van der Waals surface area contributed by atoms with Gasteiger partial charge in [0.15, 0.2) is 17.2 Å². The number of hydrogen-bond donors (Lipinski definition) is 0. The van der Waals surface area contributed by atoms with E-state index in [1.807, 2.05) is 27.7 Å². The SMILES string of the molecule is [C-]#[N+]Oc1cc(C(=C(C)C)c2cc(OC#N)c(C)cc2OC#N)c(OC#N)cc1C.[C-]#[N+]Oc1cc(C)c(OC#N)c(C(=C(C)C)c2cc(OC#N)cc(C)c2O[N+]#[C-])c1. The van der Waals surface area contributed by atoms with Crippen LogP contribution >= 0.6 is 0 Å². The Bertz CT molecular complexity index is 2570. The third-order valence-electron chi connectivity index (χ3n) is 8.34. The van der Waals surface area contributed by atoms with Gasteiger partial charge in [0.05, 0.1) is 0 Å². The second-order valence-electron chi connectivity index (χ2n) is 12.7. The van der Waals surface area contributed by atoms with E-state index in [1.165, 1.54) is 0 Å². The summed E-state index contributed by atoms with van der Waals surface area (Å²) in [7, 11) is 0. The fourth-order valence-electron chi connectivity index (χ4n) is 6.07. The Balaban J connectivity index is 0.000000320. The average Bonchev–Trinajstić information content (AvgIpc) is 3.18. The molecule has 0 aliphatic carbocycles. The van der Waals surface area contributed by atoms with Crippen LogP contribution in [0.25, 0.3) is 26.2 Å². The number of nitriles is 5. The Hall–Kier alpha value is -9.32. The Labute approximate surface area is 346 Å². The molecule has 0 saturated heterocycles. The first-order valence-electron chi connectivity index (χ1n) is 17.1. The molecular weight excluding hydrogens is 769 g/mol. The molecule has 4 aromatic carbocycles. The molecule has 0 spiro atoms. The first kappa shape index (κ1) is 45.1. The number of aryl methyl sites for hydroxylation is 4. The van der Waals surface area contributed by atoms with Crippen molar-refractivity contribution in [1.29, 1.82) is 26.3 Å². The van der Waals surface area contributed by atoms with Crippen LogP contribution in [-0.2, 0) is 0 Å². The van der Waals surface area contributed by atoms with Crippen LogP contribution in [0.1, 0.15) is 72.2 Å². The van der Waals surface area contributed by atoms with Gasteiger partial charge in [0, 0.05) is 45.5 Å². The van der Waals surface area contributed by atoms with Gasteiger partial charge in [0.1, 0.15) is 11.5 Å². The van der Waals surface area contributed by atoms with Crippen molar-refractivity contribution in [1.82, 2.24) is 0 Å². The number of hydrogen-bond acceptors (Lipinski definition) is 13. The van der Waals surface area contributed by atoms with Crippen molar-refractivity contribution >= 4 is 11.1 Å². The maximum Gasteiger partial charge on any atom is 0.292 e. The standard InChI is InChI=1S/2C22H16N4O4/c1-13(2)20(18-10-17(29-25-5)8-14(3)21(18)28-12-24)19-9-16(27-11-23)7-15(4)22(19)30-26-6;1-13(2)22(16-8-18(27-10-23)14(3)6-20(16)28-11-24)17-9-19(30-26-5)15(4)7-21(17)29-12-25/h7-10H,1-4H3;6-9H,1-4H3. The zero-order chi connectivity index (χ0) is 44.5. The van der Waals surface area contributed by atoms with E-state index in [9.17, 15) is 0 Å². The number of nitrogens with zero attached hydrogens (tertiary/aromatic N) is 8. The highest BCUT2D eigenvalue weighted by molar-refractivity contribution is 5.90. The lowest BCUT2D eigenvalue weighted by atomic mass is 9.90. The molecule has 0 N–H and O–H groups in total. The van der Waals surface area contributed by atoms with E-state index < -0.39 is 0 Å². The molecule has 0 fully saturated rings. The Kier molecular flexibility index (Phi) is 15.9. The predicted molar refractivity (Wildman–Crippen MR) is 212 cm³/mol. The summed E-state index contributed by atoms with van der Waals surface area (Å²) in [5.74, 6) is 2.08. The van der Waals surface area contributed by atoms with Gasteiger partial charge in [-0.25, -0.2) is 0 Å². The van der Waals surface area contributed by atoms with Crippen LogP contribution in [0.5, 0.6) is 46.0 Å². The lowest BCUT2D eigenvalue weighted by Gasteiger charge is -2.18. The van der Waals surface area contributed by atoms with Crippen LogP contribution in [0.4, 0.5) is 0 Å². The second kappa shape index (κ2) is 21.1. The smallest absolute Gasteiger partial charge is 0.292 e. The van der Waals surface area contributed by atoms with Gasteiger partial charge >= 0.3 is 0 Å². The van der Waals surface area contributed by atoms with Gasteiger partial charge in [-0.15, -0.1) is 26.3 Å². The molecule has 16 nitrogen and oxygen atoms in total. The number of rotatable bonds is 12. The molecule has 0 saturated carbocycles. The summed E-state index contributed by atoms with van der Waals surface area (Å²) in [5, 5.41) is 54.1. The minimum Gasteiger partial charge on any atom is -0.388 e. The van der Waals surface area contributed by atoms with Crippen molar-refractivity contribution in [2.24, 2.45) is 0 Å². The fraction of sp³-hybridized carbons (Fsp3) is 0.182. The number of benzene rings is 4. The lowest BCUT2D eigenvalue weighted by Crippen LogP contribution is -2.01. The first-order valence-corrected chi connectivity index (χ1v) is 17.1. The molecule has 0 amide bonds. The average molecular weight is 801 g/mol. The maximum atomic E-state index is 9.14. The van der Waals surface area contributed by atoms with Gasteiger partial charge in [-0.3, -0.25) is 0 Å². The van der Waals surface area contributed by atoms with E-state index in [-0.39, 0.29) is 46.0 Å². The van der Waals surface area contributed by atoms with Gasteiger partial charge in [-0.1, -0.05) is 11.1 Å². The van der Waals surface area contributed by atoms with Crippen LogP contribution in [-0.4, -0.2) is 0 Å². The van der Waals surface area contributed by atoms with Crippen LogP contribution in [0.2, 0.25) is 0 Å². The summed E-state index contributed by atoms with van der Waals surface area (Å²) >= 11 is 0. The summed E-state index contributed by atoms with van der Waals surface area (Å²) in [6, 6.07) is 12.6. The molecule has 0 atom stereocenters. The van der Waals surface area contributed by atoms with E-state index in [2.05, 4.69) is 15.0 Å². The zero-order valence-corrected chi connectivity index (χ0v) is 33.5. The zero-order valence-electron chi connectivity index (χ0n) is 33.5. The third kappa shape index (κ3) is 10.5. The van der Waals surface area contributed by atoms with Gasteiger partial charge in [-0.2, -0.15) is 34.2 Å². The van der Waals surface area contributed by atoms with Crippen LogP contribution in [0, 0.1) is 105 Å². The fourth-order valence-corrected chi connectivity index (χ4v) is 6.07. The normalized spacial score (nSPS) is 9.20. The number of ether oxygens (including phenoxy) is 5. The minimum atomic E-state index is 0.229. The first-order chi connectivity index (χ1) is 28.7. The topological polar surface area (TPSA) is 206 Å². The van der Waals surface area contributed by atoms with E-state index in [4.69, 9.17) is 84.2 Å². The summed E-state index contributed by atoms with van der Waals surface area (Å²) < 4.78 is 25.5. The summed E-state index contributed by atoms with van der Waals surface area (Å²) in [4.78, 5) is 15.2. The molecule has 0 radical (unpaired) electrons. The largest absolute Gasteiger partial charge is 0.388 e. The highest BCUT2D eigenvalue weighted by atomic mass is 16.6. The highest BCUT2D eigenvalue weighted by Crippen LogP contribution is 2.45. The van der Waals surface area contributed by atoms with Crippen molar-refractivity contribution in [3.05, 3.63) is 139 Å². The van der Waals surface area contributed by atoms with Crippen molar-refractivity contribution in [2.75, 3.05) is 0 Å². The minimum absolute atomic E-state index is 0.229. The predicted octanol–water partition coefficient (Wildman–Crippen LogP) is 10.2. The van der Waals surface area contributed by atoms with E-state index in [1.54, 1.807) is 108 Å². The second-order valence-corrected chi connectivity index (χ2v) is 12.7. The quantitative estimate of drug-likeness (QED) is 0.0743. The molecular formula is C44H32N8O8. The van der Waals surface area contributed by atoms with Crippen molar-refractivity contribution < 1.29 is 38.2 Å². The molecule has 0 aliphatic rings. The van der Waals surface area contributed by atoms with Gasteiger partial charge in [-0.05, 0) is 129 Å². The van der Waals surface area contributed by atoms with Crippen molar-refractivity contribution in [3.63, 3.8) is 0 Å². The lowest BCUT2D eigenvalue weighted by molar-refractivity contribution is 0.461. The molecule has 0 aliphatic heterocycles. The van der Waals surface area contributed by atoms with E-state index in [0.717, 1.165) is 11.1 Å². The Morgan fingerprint density at radius 3 is 1.33 bits per heavy atom. The molecule has 0 heterocycles. The molecule has 296 valence electrons. The van der Waals surface area contributed by atoms with E-state index in [0.29, 0.717) is 55.7 Å². The van der Waals surface area contributed by atoms with Crippen LogP contribution < -0.4 is 38.2 Å². The Morgan fingerprint density at radius 1 is 0.417 bits per heavy atom.